The van der Waals surface area contributed by atoms with Crippen molar-refractivity contribution >= 4 is 10.0 Å². The van der Waals surface area contributed by atoms with Crippen molar-refractivity contribution in [2.24, 2.45) is 0 Å². The van der Waals surface area contributed by atoms with E-state index in [1.54, 1.807) is 13.8 Å². The van der Waals surface area contributed by atoms with Gasteiger partial charge in [-0.05, 0) is 26.7 Å². The van der Waals surface area contributed by atoms with Crippen LogP contribution in [-0.4, -0.2) is 42.3 Å². The molecule has 0 aliphatic carbocycles. The fourth-order valence-corrected chi connectivity index (χ4v) is 2.53. The smallest absolute Gasteiger partial charge is 0.213 e. The number of sulfonamides is 1. The molecule has 1 heterocycles. The van der Waals surface area contributed by atoms with E-state index in [1.165, 1.54) is 4.31 Å². The Morgan fingerprint density at radius 3 is 2.23 bits per heavy atom. The summed E-state index contributed by atoms with van der Waals surface area (Å²) < 4.78 is 24.3. The van der Waals surface area contributed by atoms with Crippen molar-refractivity contribution in [2.75, 3.05) is 18.8 Å². The molecular weight excluding hydrogens is 190 g/mol. The summed E-state index contributed by atoms with van der Waals surface area (Å²) in [7, 11) is -3.05. The molecule has 0 aromatic rings. The topological polar surface area (TPSA) is 57.6 Å². The van der Waals surface area contributed by atoms with E-state index in [-0.39, 0.29) is 5.75 Å². The number of rotatable bonds is 2. The van der Waals surface area contributed by atoms with Crippen LogP contribution in [-0.2, 0) is 10.0 Å². The zero-order chi connectivity index (χ0) is 10.1. The van der Waals surface area contributed by atoms with Gasteiger partial charge in [0, 0.05) is 13.1 Å². The largest absolute Gasteiger partial charge is 0.390 e. The van der Waals surface area contributed by atoms with Crippen LogP contribution in [0.25, 0.3) is 0 Å². The summed E-state index contributed by atoms with van der Waals surface area (Å²) in [5.41, 5.74) is -0.681. The van der Waals surface area contributed by atoms with Gasteiger partial charge in [0.1, 0.15) is 0 Å². The highest BCUT2D eigenvalue weighted by molar-refractivity contribution is 7.89. The molecule has 1 aliphatic rings. The Bertz CT molecular complexity index is 261. The normalized spacial score (nSPS) is 24.5. The van der Waals surface area contributed by atoms with Crippen LogP contribution in [0, 0.1) is 0 Å². The van der Waals surface area contributed by atoms with Gasteiger partial charge in [-0.2, -0.15) is 0 Å². The maximum absolute atomic E-state index is 11.4. The number of hydrogen-bond acceptors (Lipinski definition) is 3. The van der Waals surface area contributed by atoms with Crippen molar-refractivity contribution in [3.8, 4) is 0 Å². The molecule has 13 heavy (non-hydrogen) atoms. The van der Waals surface area contributed by atoms with E-state index in [9.17, 15) is 13.5 Å². The fraction of sp³-hybridized carbons (Fsp3) is 1.00. The molecule has 0 atom stereocenters. The molecule has 1 saturated heterocycles. The van der Waals surface area contributed by atoms with E-state index in [4.69, 9.17) is 0 Å². The average molecular weight is 207 g/mol. The Labute approximate surface area is 79.6 Å². The third kappa shape index (κ3) is 2.65. The molecule has 0 radical (unpaired) electrons. The van der Waals surface area contributed by atoms with E-state index in [0.29, 0.717) is 25.9 Å². The lowest BCUT2D eigenvalue weighted by atomic mass is 9.95. The summed E-state index contributed by atoms with van der Waals surface area (Å²) in [6.45, 7) is 4.29. The second-order valence-corrected chi connectivity index (χ2v) is 6.05. The Morgan fingerprint density at radius 2 is 1.85 bits per heavy atom. The number of piperidine rings is 1. The molecule has 0 aromatic carbocycles. The Balaban J connectivity index is 2.61. The third-order valence-electron chi connectivity index (χ3n) is 2.56. The molecule has 0 spiro atoms. The van der Waals surface area contributed by atoms with Crippen molar-refractivity contribution in [1.82, 2.24) is 4.31 Å². The highest BCUT2D eigenvalue weighted by Gasteiger charge is 2.31. The van der Waals surface area contributed by atoms with Crippen molar-refractivity contribution in [3.63, 3.8) is 0 Å². The summed E-state index contributed by atoms with van der Waals surface area (Å²) in [4.78, 5) is 0. The lowest BCUT2D eigenvalue weighted by Gasteiger charge is -2.34. The molecule has 0 unspecified atom stereocenters. The van der Waals surface area contributed by atoms with Crippen LogP contribution < -0.4 is 0 Å². The maximum atomic E-state index is 11.4. The highest BCUT2D eigenvalue weighted by Crippen LogP contribution is 2.22. The first-order valence-electron chi connectivity index (χ1n) is 4.57. The standard InChI is InChI=1S/C8H17NO3S/c1-3-13(11,12)9-6-4-8(2,10)5-7-9/h10H,3-7H2,1-2H3. The monoisotopic (exact) mass is 207 g/mol. The molecule has 0 aromatic heterocycles. The molecule has 1 fully saturated rings. The van der Waals surface area contributed by atoms with E-state index in [0.717, 1.165) is 0 Å². The Morgan fingerprint density at radius 1 is 1.38 bits per heavy atom. The van der Waals surface area contributed by atoms with Crippen LogP contribution in [0.3, 0.4) is 0 Å². The minimum absolute atomic E-state index is 0.148. The number of nitrogens with zero attached hydrogens (tertiary/aromatic N) is 1. The molecule has 1 aliphatic heterocycles. The molecule has 0 amide bonds. The zero-order valence-corrected chi connectivity index (χ0v) is 8.97. The lowest BCUT2D eigenvalue weighted by molar-refractivity contribution is 0.0126. The molecule has 0 bridgehead atoms. The van der Waals surface area contributed by atoms with Gasteiger partial charge in [0.2, 0.25) is 10.0 Å². The maximum Gasteiger partial charge on any atom is 0.213 e. The summed E-state index contributed by atoms with van der Waals surface area (Å²) in [6.07, 6.45) is 1.07. The van der Waals surface area contributed by atoms with E-state index in [2.05, 4.69) is 0 Å². The molecule has 4 nitrogen and oxygen atoms in total. The summed E-state index contributed by atoms with van der Waals surface area (Å²) in [5, 5.41) is 9.61. The number of aliphatic hydroxyl groups is 1. The van der Waals surface area contributed by atoms with Gasteiger partial charge in [-0.1, -0.05) is 0 Å². The third-order valence-corrected chi connectivity index (χ3v) is 4.44. The number of hydrogen-bond donors (Lipinski definition) is 1. The second-order valence-electron chi connectivity index (χ2n) is 3.80. The van der Waals surface area contributed by atoms with Crippen LogP contribution in [0.2, 0.25) is 0 Å². The summed E-state index contributed by atoms with van der Waals surface area (Å²) >= 11 is 0. The van der Waals surface area contributed by atoms with Crippen molar-refractivity contribution in [1.29, 1.82) is 0 Å². The molecule has 0 saturated carbocycles. The first-order valence-corrected chi connectivity index (χ1v) is 6.18. The first-order chi connectivity index (χ1) is 5.87. The Kier molecular flexibility index (Phi) is 2.99. The molecule has 5 heteroatoms. The molecule has 1 rings (SSSR count). The minimum atomic E-state index is -3.05. The van der Waals surface area contributed by atoms with Crippen molar-refractivity contribution in [3.05, 3.63) is 0 Å². The fourth-order valence-electron chi connectivity index (χ4n) is 1.43. The van der Waals surface area contributed by atoms with Gasteiger partial charge in [0.05, 0.1) is 11.4 Å². The van der Waals surface area contributed by atoms with E-state index < -0.39 is 15.6 Å². The van der Waals surface area contributed by atoms with Gasteiger partial charge >= 0.3 is 0 Å². The first kappa shape index (κ1) is 10.9. The van der Waals surface area contributed by atoms with E-state index >= 15 is 0 Å². The van der Waals surface area contributed by atoms with Gasteiger partial charge in [-0.25, -0.2) is 12.7 Å². The molecule has 78 valence electrons. The SMILES string of the molecule is CCS(=O)(=O)N1CCC(C)(O)CC1. The summed E-state index contributed by atoms with van der Waals surface area (Å²) in [6, 6.07) is 0. The van der Waals surface area contributed by atoms with E-state index in [1.807, 2.05) is 0 Å². The average Bonchev–Trinajstić information content (AvgIpc) is 2.04. The second kappa shape index (κ2) is 3.55. The highest BCUT2D eigenvalue weighted by atomic mass is 32.2. The lowest BCUT2D eigenvalue weighted by Crippen LogP contribution is -2.45. The van der Waals surface area contributed by atoms with Gasteiger partial charge in [-0.3, -0.25) is 0 Å². The van der Waals surface area contributed by atoms with Crippen LogP contribution in [0.15, 0.2) is 0 Å². The van der Waals surface area contributed by atoms with Gasteiger partial charge in [0.25, 0.3) is 0 Å². The van der Waals surface area contributed by atoms with Crippen molar-refractivity contribution in [2.45, 2.75) is 32.3 Å². The van der Waals surface area contributed by atoms with Gasteiger partial charge in [-0.15, -0.1) is 0 Å². The van der Waals surface area contributed by atoms with Crippen LogP contribution >= 0.6 is 0 Å². The molecular formula is C8H17NO3S. The van der Waals surface area contributed by atoms with Crippen LogP contribution in [0.1, 0.15) is 26.7 Å². The Hall–Kier alpha value is -0.130. The quantitative estimate of drug-likeness (QED) is 0.703. The minimum Gasteiger partial charge on any atom is -0.390 e. The summed E-state index contributed by atoms with van der Waals surface area (Å²) in [5.74, 6) is 0.148. The zero-order valence-electron chi connectivity index (χ0n) is 8.15. The van der Waals surface area contributed by atoms with Crippen LogP contribution in [0.5, 0.6) is 0 Å². The van der Waals surface area contributed by atoms with Gasteiger partial charge in [0.15, 0.2) is 0 Å². The van der Waals surface area contributed by atoms with Crippen molar-refractivity contribution < 1.29 is 13.5 Å². The van der Waals surface area contributed by atoms with Gasteiger partial charge < -0.3 is 5.11 Å². The predicted molar refractivity (Wildman–Crippen MR) is 50.9 cm³/mol. The predicted octanol–water partition coefficient (Wildman–Crippen LogP) is 0.183. The van der Waals surface area contributed by atoms with Crippen LogP contribution in [0.4, 0.5) is 0 Å². The molecule has 1 N–H and O–H groups in total.